The first-order chi connectivity index (χ1) is 11.4. The van der Waals surface area contributed by atoms with Gasteiger partial charge in [0.05, 0.1) is 12.2 Å². The molecular formula is C20H28N2O. The van der Waals surface area contributed by atoms with E-state index < -0.39 is 0 Å². The van der Waals surface area contributed by atoms with E-state index in [1.165, 1.54) is 50.9 Å². The van der Waals surface area contributed by atoms with E-state index >= 15 is 0 Å². The van der Waals surface area contributed by atoms with E-state index in [9.17, 15) is 0 Å². The molecule has 3 nitrogen and oxygen atoms in total. The molecule has 3 unspecified atom stereocenters. The van der Waals surface area contributed by atoms with E-state index in [1.54, 1.807) is 0 Å². The van der Waals surface area contributed by atoms with Gasteiger partial charge in [0.15, 0.2) is 0 Å². The Bertz CT molecular complexity index is 518. The molecule has 1 aromatic rings. The lowest BCUT2D eigenvalue weighted by atomic mass is 10.1. The summed E-state index contributed by atoms with van der Waals surface area (Å²) < 4.78 is 5.94. The van der Waals surface area contributed by atoms with E-state index in [0.717, 1.165) is 13.1 Å². The van der Waals surface area contributed by atoms with Crippen LogP contribution in [0.3, 0.4) is 0 Å². The van der Waals surface area contributed by atoms with Crippen LogP contribution < -0.4 is 0 Å². The van der Waals surface area contributed by atoms with Crippen molar-refractivity contribution in [2.45, 2.75) is 43.9 Å². The second kappa shape index (κ2) is 7.16. The van der Waals surface area contributed by atoms with Crippen molar-refractivity contribution in [3.8, 4) is 0 Å². The third kappa shape index (κ3) is 3.85. The third-order valence-electron chi connectivity index (χ3n) is 5.55. The maximum Gasteiger partial charge on any atom is 0.0707 e. The minimum absolute atomic E-state index is 0.515. The van der Waals surface area contributed by atoms with Gasteiger partial charge in [-0.25, -0.2) is 0 Å². The van der Waals surface area contributed by atoms with Crippen molar-refractivity contribution in [1.29, 1.82) is 0 Å². The third-order valence-corrected chi connectivity index (χ3v) is 5.55. The summed E-state index contributed by atoms with van der Waals surface area (Å²) in [6, 6.07) is 11.3. The number of fused-ring (bicyclic) bond motifs is 2. The Hall–Kier alpha value is -1.16. The minimum Gasteiger partial charge on any atom is -0.372 e. The summed E-state index contributed by atoms with van der Waals surface area (Å²) in [5.74, 6) is 0. The molecule has 3 heteroatoms. The van der Waals surface area contributed by atoms with Crippen LogP contribution in [0, 0.1) is 0 Å². The smallest absolute Gasteiger partial charge is 0.0707 e. The molecule has 0 spiro atoms. The largest absolute Gasteiger partial charge is 0.372 e. The zero-order valence-electron chi connectivity index (χ0n) is 13.9. The molecule has 3 aliphatic heterocycles. The predicted molar refractivity (Wildman–Crippen MR) is 94.4 cm³/mol. The van der Waals surface area contributed by atoms with Crippen LogP contribution in [0.5, 0.6) is 0 Å². The van der Waals surface area contributed by atoms with Crippen LogP contribution in [0.1, 0.15) is 31.2 Å². The number of hydrogen-bond acceptors (Lipinski definition) is 3. The van der Waals surface area contributed by atoms with Crippen LogP contribution in [-0.2, 0) is 4.74 Å². The van der Waals surface area contributed by atoms with Crippen LogP contribution >= 0.6 is 0 Å². The fraction of sp³-hybridized carbons (Fsp3) is 0.600. The van der Waals surface area contributed by atoms with Crippen molar-refractivity contribution in [2.24, 2.45) is 0 Å². The number of likely N-dealkylation sites (tertiary alicyclic amines) is 2. The lowest BCUT2D eigenvalue weighted by molar-refractivity contribution is -0.0401. The van der Waals surface area contributed by atoms with Crippen LogP contribution in [0.2, 0.25) is 0 Å². The summed E-state index contributed by atoms with van der Waals surface area (Å²) in [5, 5.41) is 0. The number of nitrogens with zero attached hydrogens (tertiary/aromatic N) is 2. The summed E-state index contributed by atoms with van der Waals surface area (Å²) in [6.45, 7) is 5.94. The molecule has 3 saturated heterocycles. The molecule has 3 aliphatic rings. The molecule has 23 heavy (non-hydrogen) atoms. The van der Waals surface area contributed by atoms with Gasteiger partial charge in [-0.3, -0.25) is 9.80 Å². The number of ether oxygens (including phenoxy) is 1. The fourth-order valence-corrected chi connectivity index (χ4v) is 4.29. The Kier molecular flexibility index (Phi) is 4.79. The van der Waals surface area contributed by atoms with Gasteiger partial charge in [0.1, 0.15) is 0 Å². The second-order valence-electron chi connectivity index (χ2n) is 7.23. The summed E-state index contributed by atoms with van der Waals surface area (Å²) in [7, 11) is 0. The van der Waals surface area contributed by atoms with Crippen molar-refractivity contribution in [1.82, 2.24) is 9.80 Å². The first-order valence-electron chi connectivity index (χ1n) is 9.22. The van der Waals surface area contributed by atoms with Gasteiger partial charge in [0.2, 0.25) is 0 Å². The molecule has 0 aliphatic carbocycles. The molecule has 124 valence electrons. The van der Waals surface area contributed by atoms with Crippen LogP contribution in [0.4, 0.5) is 0 Å². The summed E-state index contributed by atoms with van der Waals surface area (Å²) in [5.41, 5.74) is 1.31. The average molecular weight is 312 g/mol. The van der Waals surface area contributed by atoms with E-state index in [2.05, 4.69) is 52.3 Å². The summed E-state index contributed by atoms with van der Waals surface area (Å²) >= 11 is 0. The minimum atomic E-state index is 0.515. The van der Waals surface area contributed by atoms with Crippen molar-refractivity contribution in [3.05, 3.63) is 42.0 Å². The molecule has 0 N–H and O–H groups in total. The van der Waals surface area contributed by atoms with Crippen LogP contribution in [-0.4, -0.2) is 60.8 Å². The van der Waals surface area contributed by atoms with Crippen molar-refractivity contribution in [3.63, 3.8) is 0 Å². The molecule has 4 rings (SSSR count). The van der Waals surface area contributed by atoms with Gasteiger partial charge in [-0.05, 0) is 37.8 Å². The maximum atomic E-state index is 5.94. The highest BCUT2D eigenvalue weighted by atomic mass is 16.5. The quantitative estimate of drug-likeness (QED) is 0.831. The Morgan fingerprint density at radius 1 is 1.00 bits per heavy atom. The lowest BCUT2D eigenvalue weighted by Crippen LogP contribution is -2.46. The average Bonchev–Trinajstić information content (AvgIpc) is 3.18. The summed E-state index contributed by atoms with van der Waals surface area (Å²) in [4.78, 5) is 5.29. The Labute approximate surface area is 139 Å². The fourth-order valence-electron chi connectivity index (χ4n) is 4.29. The molecule has 3 heterocycles. The van der Waals surface area contributed by atoms with Gasteiger partial charge in [0.25, 0.3) is 0 Å². The highest BCUT2D eigenvalue weighted by Crippen LogP contribution is 2.26. The Morgan fingerprint density at radius 3 is 2.57 bits per heavy atom. The standard InChI is InChI=1S/C20H28N2O/c1-2-5-17(6-3-1)8-9-18-7-4-12-22(18)14-13-21-15-19-10-11-20(16-21)23-19/h1-3,5-6,8-9,18-20H,4,7,10-16H2. The van der Waals surface area contributed by atoms with Gasteiger partial charge >= 0.3 is 0 Å². The van der Waals surface area contributed by atoms with Crippen LogP contribution in [0.25, 0.3) is 6.08 Å². The molecular weight excluding hydrogens is 284 g/mol. The number of rotatable bonds is 5. The van der Waals surface area contributed by atoms with Gasteiger partial charge in [-0.2, -0.15) is 0 Å². The van der Waals surface area contributed by atoms with E-state index in [0.29, 0.717) is 18.2 Å². The highest BCUT2D eigenvalue weighted by Gasteiger charge is 2.33. The SMILES string of the molecule is C(=CC1CCCN1CCN1CC2CCC(C1)O2)c1ccccc1. The van der Waals surface area contributed by atoms with E-state index in [-0.39, 0.29) is 0 Å². The molecule has 2 bridgehead atoms. The zero-order chi connectivity index (χ0) is 15.5. The topological polar surface area (TPSA) is 15.7 Å². The normalized spacial score (nSPS) is 32.1. The molecule has 0 saturated carbocycles. The van der Waals surface area contributed by atoms with Crippen LogP contribution in [0.15, 0.2) is 36.4 Å². The molecule has 3 atom stereocenters. The van der Waals surface area contributed by atoms with Gasteiger partial charge in [-0.15, -0.1) is 0 Å². The van der Waals surface area contributed by atoms with Crippen molar-refractivity contribution >= 4 is 6.08 Å². The van der Waals surface area contributed by atoms with Gasteiger partial charge in [0, 0.05) is 32.2 Å². The van der Waals surface area contributed by atoms with Crippen molar-refractivity contribution < 1.29 is 4.74 Å². The molecule has 1 aromatic carbocycles. The Morgan fingerprint density at radius 2 is 1.78 bits per heavy atom. The van der Waals surface area contributed by atoms with Gasteiger partial charge in [-0.1, -0.05) is 42.5 Å². The number of benzene rings is 1. The van der Waals surface area contributed by atoms with Crippen molar-refractivity contribution in [2.75, 3.05) is 32.7 Å². The Balaban J connectivity index is 1.29. The first kappa shape index (κ1) is 15.4. The van der Waals surface area contributed by atoms with Gasteiger partial charge < -0.3 is 4.74 Å². The molecule has 0 radical (unpaired) electrons. The molecule has 0 amide bonds. The predicted octanol–water partition coefficient (Wildman–Crippen LogP) is 3.03. The maximum absolute atomic E-state index is 5.94. The lowest BCUT2D eigenvalue weighted by Gasteiger charge is -2.33. The number of morpholine rings is 1. The first-order valence-corrected chi connectivity index (χ1v) is 9.22. The molecule has 0 aromatic heterocycles. The highest BCUT2D eigenvalue weighted by molar-refractivity contribution is 5.49. The second-order valence-corrected chi connectivity index (χ2v) is 7.23. The summed E-state index contributed by atoms with van der Waals surface area (Å²) in [6.07, 6.45) is 10.9. The molecule has 3 fully saturated rings. The van der Waals surface area contributed by atoms with E-state index in [1.807, 2.05) is 0 Å². The zero-order valence-corrected chi connectivity index (χ0v) is 13.9. The number of hydrogen-bond donors (Lipinski definition) is 0. The monoisotopic (exact) mass is 312 g/mol. The van der Waals surface area contributed by atoms with E-state index in [4.69, 9.17) is 4.74 Å².